The Hall–Kier alpha value is -1.35. The Kier molecular flexibility index (Phi) is 5.12. The van der Waals surface area contributed by atoms with Gasteiger partial charge in [0.15, 0.2) is 0 Å². The number of benzene rings is 1. The van der Waals surface area contributed by atoms with E-state index in [1.54, 1.807) is 0 Å². The molecule has 19 heavy (non-hydrogen) atoms. The lowest BCUT2D eigenvalue weighted by Crippen LogP contribution is -2.31. The Morgan fingerprint density at radius 1 is 1.16 bits per heavy atom. The average Bonchev–Trinajstić information content (AvgIpc) is 2.31. The molecule has 0 heterocycles. The van der Waals surface area contributed by atoms with Gasteiger partial charge in [0.2, 0.25) is 0 Å². The third-order valence-corrected chi connectivity index (χ3v) is 3.72. The van der Waals surface area contributed by atoms with E-state index in [0.717, 1.165) is 5.56 Å². The number of rotatable bonds is 4. The molecular weight excluding hydrogens is 238 g/mol. The average molecular weight is 263 g/mol. The highest BCUT2D eigenvalue weighted by Crippen LogP contribution is 2.30. The van der Waals surface area contributed by atoms with Crippen LogP contribution in [-0.2, 0) is 9.53 Å². The van der Waals surface area contributed by atoms with Crippen LogP contribution in [0, 0.1) is 27.7 Å². The number of carbonyl (C=O) groups excluding carboxylic acids is 1. The Morgan fingerprint density at radius 3 is 2.00 bits per heavy atom. The molecule has 1 atom stereocenters. The maximum atomic E-state index is 12.2. The maximum Gasteiger partial charge on any atom is 0.328 e. The van der Waals surface area contributed by atoms with Crippen LogP contribution in [0.15, 0.2) is 6.07 Å². The van der Waals surface area contributed by atoms with Gasteiger partial charge in [-0.15, -0.1) is 0 Å². The SMILES string of the molecule is CCOC(=O)C(c1c(C)c(C)cc(C)c1C)N(C)C. The summed E-state index contributed by atoms with van der Waals surface area (Å²) in [5, 5.41) is 0. The van der Waals surface area contributed by atoms with E-state index in [9.17, 15) is 4.79 Å². The van der Waals surface area contributed by atoms with Gasteiger partial charge in [-0.2, -0.15) is 0 Å². The third-order valence-electron chi connectivity index (χ3n) is 3.72. The summed E-state index contributed by atoms with van der Waals surface area (Å²) in [6.07, 6.45) is 0. The van der Waals surface area contributed by atoms with Crippen molar-refractivity contribution in [1.29, 1.82) is 0 Å². The van der Waals surface area contributed by atoms with Crippen LogP contribution in [0.5, 0.6) is 0 Å². The molecule has 3 heteroatoms. The van der Waals surface area contributed by atoms with Crippen LogP contribution < -0.4 is 0 Å². The van der Waals surface area contributed by atoms with E-state index in [-0.39, 0.29) is 12.0 Å². The minimum Gasteiger partial charge on any atom is -0.465 e. The molecule has 0 spiro atoms. The molecule has 0 aromatic heterocycles. The molecule has 1 aromatic rings. The molecule has 0 aliphatic heterocycles. The summed E-state index contributed by atoms with van der Waals surface area (Å²) in [5.41, 5.74) is 5.87. The fourth-order valence-corrected chi connectivity index (χ4v) is 2.47. The first-order chi connectivity index (χ1) is 8.81. The summed E-state index contributed by atoms with van der Waals surface area (Å²) in [6, 6.07) is 1.84. The molecule has 106 valence electrons. The number of ether oxygens (including phenoxy) is 1. The van der Waals surface area contributed by atoms with Crippen LogP contribution in [-0.4, -0.2) is 31.6 Å². The molecule has 1 rings (SSSR count). The van der Waals surface area contributed by atoms with Crippen LogP contribution in [0.1, 0.15) is 40.8 Å². The Bertz CT molecular complexity index is 452. The number of hydrogen-bond acceptors (Lipinski definition) is 3. The van der Waals surface area contributed by atoms with Crippen molar-refractivity contribution in [2.45, 2.75) is 40.7 Å². The summed E-state index contributed by atoms with van der Waals surface area (Å²) in [6.45, 7) is 10.6. The molecule has 1 unspecified atom stereocenters. The van der Waals surface area contributed by atoms with E-state index in [0.29, 0.717) is 6.61 Å². The molecule has 0 N–H and O–H groups in total. The lowest BCUT2D eigenvalue weighted by atomic mass is 9.89. The smallest absolute Gasteiger partial charge is 0.328 e. The molecule has 0 amide bonds. The van der Waals surface area contributed by atoms with Crippen molar-refractivity contribution in [3.63, 3.8) is 0 Å². The first-order valence-electron chi connectivity index (χ1n) is 6.71. The van der Waals surface area contributed by atoms with E-state index < -0.39 is 0 Å². The number of likely N-dealkylation sites (N-methyl/N-ethyl adjacent to an activating group) is 1. The third kappa shape index (κ3) is 3.16. The second-order valence-corrected chi connectivity index (χ2v) is 5.29. The molecule has 0 saturated heterocycles. The molecule has 0 aliphatic rings. The predicted octanol–water partition coefficient (Wildman–Crippen LogP) is 3.09. The molecular formula is C16H25NO2. The number of carbonyl (C=O) groups is 1. The highest BCUT2D eigenvalue weighted by molar-refractivity contribution is 5.79. The van der Waals surface area contributed by atoms with Crippen LogP contribution in [0.2, 0.25) is 0 Å². The zero-order valence-corrected chi connectivity index (χ0v) is 13.1. The standard InChI is InChI=1S/C16H25NO2/c1-8-19-16(18)15(17(6)7)14-12(4)10(2)9-11(3)13(14)5/h9,15H,8H2,1-7H3. The Morgan fingerprint density at radius 2 is 1.63 bits per heavy atom. The second kappa shape index (κ2) is 6.20. The van der Waals surface area contributed by atoms with Crippen LogP contribution in [0.4, 0.5) is 0 Å². The zero-order chi connectivity index (χ0) is 14.7. The van der Waals surface area contributed by atoms with Crippen molar-refractivity contribution >= 4 is 5.97 Å². The largest absolute Gasteiger partial charge is 0.465 e. The van der Waals surface area contributed by atoms with E-state index in [1.165, 1.54) is 22.3 Å². The van der Waals surface area contributed by atoms with Gasteiger partial charge in [0, 0.05) is 0 Å². The van der Waals surface area contributed by atoms with E-state index >= 15 is 0 Å². The van der Waals surface area contributed by atoms with Crippen LogP contribution >= 0.6 is 0 Å². The van der Waals surface area contributed by atoms with Gasteiger partial charge >= 0.3 is 5.97 Å². The van der Waals surface area contributed by atoms with E-state index in [1.807, 2.05) is 25.9 Å². The van der Waals surface area contributed by atoms with Gasteiger partial charge in [0.05, 0.1) is 6.61 Å². The predicted molar refractivity (Wildman–Crippen MR) is 78.5 cm³/mol. The van der Waals surface area contributed by atoms with Crippen LogP contribution in [0.25, 0.3) is 0 Å². The van der Waals surface area contributed by atoms with E-state index in [2.05, 4.69) is 33.8 Å². The molecule has 0 fully saturated rings. The topological polar surface area (TPSA) is 29.5 Å². The summed E-state index contributed by atoms with van der Waals surface area (Å²) in [4.78, 5) is 14.2. The monoisotopic (exact) mass is 263 g/mol. The number of esters is 1. The van der Waals surface area contributed by atoms with Crippen LogP contribution in [0.3, 0.4) is 0 Å². The van der Waals surface area contributed by atoms with Gasteiger partial charge in [0.25, 0.3) is 0 Å². The lowest BCUT2D eigenvalue weighted by Gasteiger charge is -2.27. The lowest BCUT2D eigenvalue weighted by molar-refractivity contribution is -0.148. The number of nitrogens with zero attached hydrogens (tertiary/aromatic N) is 1. The van der Waals surface area contributed by atoms with Gasteiger partial charge in [-0.25, -0.2) is 4.79 Å². The van der Waals surface area contributed by atoms with Gasteiger partial charge in [0.1, 0.15) is 6.04 Å². The zero-order valence-electron chi connectivity index (χ0n) is 13.1. The molecule has 0 saturated carbocycles. The number of aryl methyl sites for hydroxylation is 2. The van der Waals surface area contributed by atoms with Gasteiger partial charge in [-0.1, -0.05) is 6.07 Å². The minimum absolute atomic E-state index is 0.177. The summed E-state index contributed by atoms with van der Waals surface area (Å²) >= 11 is 0. The van der Waals surface area contributed by atoms with Gasteiger partial charge < -0.3 is 4.74 Å². The Labute approximate surface area is 116 Å². The highest BCUT2D eigenvalue weighted by Gasteiger charge is 2.28. The molecule has 0 bridgehead atoms. The molecule has 0 radical (unpaired) electrons. The van der Waals surface area contributed by atoms with Crippen molar-refractivity contribution in [3.8, 4) is 0 Å². The first kappa shape index (κ1) is 15.7. The second-order valence-electron chi connectivity index (χ2n) is 5.29. The summed E-state index contributed by atoms with van der Waals surface area (Å²) < 4.78 is 5.23. The molecule has 1 aromatic carbocycles. The quantitative estimate of drug-likeness (QED) is 0.782. The van der Waals surface area contributed by atoms with Gasteiger partial charge in [-0.3, -0.25) is 4.90 Å². The number of hydrogen-bond donors (Lipinski definition) is 0. The normalized spacial score (nSPS) is 12.6. The summed E-state index contributed by atoms with van der Waals surface area (Å²) in [7, 11) is 3.83. The molecule has 3 nitrogen and oxygen atoms in total. The summed E-state index contributed by atoms with van der Waals surface area (Å²) in [5.74, 6) is -0.177. The maximum absolute atomic E-state index is 12.2. The van der Waals surface area contributed by atoms with Crippen molar-refractivity contribution < 1.29 is 9.53 Å². The fourth-order valence-electron chi connectivity index (χ4n) is 2.47. The minimum atomic E-state index is -0.335. The first-order valence-corrected chi connectivity index (χ1v) is 6.71. The fraction of sp³-hybridized carbons (Fsp3) is 0.562. The van der Waals surface area contributed by atoms with Crippen molar-refractivity contribution in [1.82, 2.24) is 4.90 Å². The van der Waals surface area contributed by atoms with Crippen molar-refractivity contribution in [2.75, 3.05) is 20.7 Å². The Balaban J connectivity index is 3.42. The van der Waals surface area contributed by atoms with Crippen molar-refractivity contribution in [2.24, 2.45) is 0 Å². The molecule has 0 aliphatic carbocycles. The van der Waals surface area contributed by atoms with Crippen molar-refractivity contribution in [3.05, 3.63) is 33.9 Å². The van der Waals surface area contributed by atoms with E-state index in [4.69, 9.17) is 4.74 Å². The van der Waals surface area contributed by atoms with Gasteiger partial charge in [-0.05, 0) is 76.5 Å². The highest BCUT2D eigenvalue weighted by atomic mass is 16.5.